The lowest BCUT2D eigenvalue weighted by Crippen LogP contribution is -2.57. The molecule has 41 heavy (non-hydrogen) atoms. The number of amides is 3. The van der Waals surface area contributed by atoms with Crippen molar-refractivity contribution >= 4 is 23.4 Å². The van der Waals surface area contributed by atoms with E-state index in [1.165, 1.54) is 12.0 Å². The number of anilines is 1. The molecule has 1 saturated carbocycles. The van der Waals surface area contributed by atoms with E-state index in [2.05, 4.69) is 50.2 Å². The first-order valence-electron chi connectivity index (χ1n) is 15.8. The molecule has 0 aromatic heterocycles. The van der Waals surface area contributed by atoms with Crippen molar-refractivity contribution in [3.8, 4) is 0 Å². The Hall–Kier alpha value is -2.71. The van der Waals surface area contributed by atoms with E-state index in [9.17, 15) is 14.4 Å². The fraction of sp³-hybridized carbons (Fsp3) is 0.667. The highest BCUT2D eigenvalue weighted by Crippen LogP contribution is 2.55. The Balaban J connectivity index is 1.39. The summed E-state index contributed by atoms with van der Waals surface area (Å²) in [5.74, 6) is -1.16. The van der Waals surface area contributed by atoms with Gasteiger partial charge in [-0.1, -0.05) is 71.7 Å². The molecule has 2 bridgehead atoms. The third kappa shape index (κ3) is 5.57. The molecule has 8 heteroatoms. The van der Waals surface area contributed by atoms with Crippen LogP contribution in [0.3, 0.4) is 0 Å². The number of likely N-dealkylation sites (tertiary alicyclic amines) is 1. The lowest BCUT2D eigenvalue weighted by atomic mass is 9.74. The van der Waals surface area contributed by atoms with Gasteiger partial charge in [-0.15, -0.1) is 0 Å². The predicted octanol–water partition coefficient (Wildman–Crippen LogP) is 4.33. The van der Waals surface area contributed by atoms with Crippen LogP contribution in [0.15, 0.2) is 36.4 Å². The van der Waals surface area contributed by atoms with Crippen LogP contribution < -0.4 is 10.6 Å². The molecule has 5 rings (SSSR count). The van der Waals surface area contributed by atoms with Crippen LogP contribution in [0.25, 0.3) is 0 Å². The van der Waals surface area contributed by atoms with Crippen molar-refractivity contribution in [3.05, 3.63) is 42.0 Å². The average Bonchev–Trinajstić information content (AvgIpc) is 3.60. The van der Waals surface area contributed by atoms with Gasteiger partial charge in [0.05, 0.1) is 17.9 Å². The molecule has 1 aromatic rings. The summed E-state index contributed by atoms with van der Waals surface area (Å²) in [5, 5.41) is 6.35. The smallest absolute Gasteiger partial charge is 0.246 e. The number of nitrogens with zero attached hydrogens (tertiary/aromatic N) is 2. The van der Waals surface area contributed by atoms with Gasteiger partial charge < -0.3 is 25.2 Å². The van der Waals surface area contributed by atoms with Crippen LogP contribution in [-0.2, 0) is 19.1 Å². The van der Waals surface area contributed by atoms with E-state index in [0.29, 0.717) is 24.1 Å². The normalized spacial score (nSPS) is 32.2. The summed E-state index contributed by atoms with van der Waals surface area (Å²) >= 11 is 0. The number of fused-ring (bicyclic) bond motifs is 1. The molecule has 8 nitrogen and oxygen atoms in total. The number of nitrogens with one attached hydrogen (secondary N) is 2. The van der Waals surface area contributed by atoms with Gasteiger partial charge in [0.2, 0.25) is 17.7 Å². The lowest BCUT2D eigenvalue weighted by Gasteiger charge is -2.36. The SMILES string of the molecule is CCN(CC)CCCN1C(=O)[C@@H]2[C@H](C(=O)Nc3ccc(C(C)C)cc3)[C@@H]3C=C[C@@]2(O3)[C@@H]1C(=O)N[C@H]1CCCC[C@@H]1C. The first kappa shape index (κ1) is 29.8. The van der Waals surface area contributed by atoms with E-state index in [4.69, 9.17) is 4.74 Å². The highest BCUT2D eigenvalue weighted by Gasteiger charge is 2.72. The highest BCUT2D eigenvalue weighted by atomic mass is 16.5. The van der Waals surface area contributed by atoms with Crippen molar-refractivity contribution in [1.29, 1.82) is 0 Å². The van der Waals surface area contributed by atoms with E-state index in [0.717, 1.165) is 45.3 Å². The van der Waals surface area contributed by atoms with Crippen LogP contribution in [0.2, 0.25) is 0 Å². The zero-order chi connectivity index (χ0) is 29.3. The van der Waals surface area contributed by atoms with Crippen molar-refractivity contribution in [2.24, 2.45) is 17.8 Å². The largest absolute Gasteiger partial charge is 0.359 e. The monoisotopic (exact) mass is 564 g/mol. The van der Waals surface area contributed by atoms with Gasteiger partial charge in [0.1, 0.15) is 11.6 Å². The number of carbonyl (C=O) groups is 3. The Morgan fingerprint density at radius 3 is 2.46 bits per heavy atom. The number of rotatable bonds is 11. The van der Waals surface area contributed by atoms with E-state index in [1.807, 2.05) is 36.4 Å². The number of hydrogen-bond donors (Lipinski definition) is 2. The summed E-state index contributed by atoms with van der Waals surface area (Å²) in [6.07, 6.45) is 8.34. The molecule has 1 aromatic carbocycles. The van der Waals surface area contributed by atoms with E-state index >= 15 is 0 Å². The first-order valence-corrected chi connectivity index (χ1v) is 15.8. The van der Waals surface area contributed by atoms with Crippen molar-refractivity contribution in [3.63, 3.8) is 0 Å². The fourth-order valence-electron chi connectivity index (χ4n) is 7.48. The number of hydrogen-bond acceptors (Lipinski definition) is 5. The van der Waals surface area contributed by atoms with Gasteiger partial charge in [-0.2, -0.15) is 0 Å². The summed E-state index contributed by atoms with van der Waals surface area (Å²) in [7, 11) is 0. The van der Waals surface area contributed by atoms with Crippen molar-refractivity contribution in [2.45, 2.75) is 96.4 Å². The molecule has 2 N–H and O–H groups in total. The summed E-state index contributed by atoms with van der Waals surface area (Å²) in [6.45, 7) is 13.9. The number of ether oxygens (including phenoxy) is 1. The topological polar surface area (TPSA) is 91.0 Å². The number of carbonyl (C=O) groups excluding carboxylic acids is 3. The molecule has 3 fully saturated rings. The zero-order valence-electron chi connectivity index (χ0n) is 25.4. The molecule has 3 heterocycles. The molecule has 0 radical (unpaired) electrons. The lowest BCUT2D eigenvalue weighted by molar-refractivity contribution is -0.141. The van der Waals surface area contributed by atoms with Gasteiger partial charge in [-0.25, -0.2) is 0 Å². The van der Waals surface area contributed by atoms with Crippen molar-refractivity contribution in [1.82, 2.24) is 15.1 Å². The van der Waals surface area contributed by atoms with Gasteiger partial charge >= 0.3 is 0 Å². The maximum absolute atomic E-state index is 14.2. The minimum atomic E-state index is -1.12. The van der Waals surface area contributed by atoms with E-state index in [-0.39, 0.29) is 23.8 Å². The summed E-state index contributed by atoms with van der Waals surface area (Å²) < 4.78 is 6.52. The minimum absolute atomic E-state index is 0.0924. The Kier molecular flexibility index (Phi) is 8.90. The second-order valence-electron chi connectivity index (χ2n) is 12.8. The molecule has 0 unspecified atom stereocenters. The van der Waals surface area contributed by atoms with Crippen LogP contribution in [-0.4, -0.2) is 77.5 Å². The van der Waals surface area contributed by atoms with Crippen molar-refractivity contribution in [2.75, 3.05) is 31.5 Å². The highest BCUT2D eigenvalue weighted by molar-refractivity contribution is 6.02. The summed E-state index contributed by atoms with van der Waals surface area (Å²) in [4.78, 5) is 46.0. The van der Waals surface area contributed by atoms with Crippen LogP contribution in [0.5, 0.6) is 0 Å². The van der Waals surface area contributed by atoms with Crippen LogP contribution >= 0.6 is 0 Å². The third-order valence-corrected chi connectivity index (χ3v) is 9.98. The van der Waals surface area contributed by atoms with Gasteiger partial charge in [0.15, 0.2) is 0 Å². The second-order valence-corrected chi connectivity index (χ2v) is 12.8. The molecule has 1 spiro atoms. The maximum Gasteiger partial charge on any atom is 0.246 e. The van der Waals surface area contributed by atoms with Gasteiger partial charge in [0.25, 0.3) is 0 Å². The quantitative estimate of drug-likeness (QED) is 0.391. The predicted molar refractivity (Wildman–Crippen MR) is 160 cm³/mol. The molecule has 224 valence electrons. The molecular weight excluding hydrogens is 516 g/mol. The summed E-state index contributed by atoms with van der Waals surface area (Å²) in [6, 6.07) is 7.16. The Morgan fingerprint density at radius 1 is 1.10 bits per heavy atom. The Morgan fingerprint density at radius 2 is 1.80 bits per heavy atom. The maximum atomic E-state index is 14.2. The Bertz CT molecular complexity index is 1150. The number of benzene rings is 1. The fourth-order valence-corrected chi connectivity index (χ4v) is 7.48. The van der Waals surface area contributed by atoms with Crippen molar-refractivity contribution < 1.29 is 19.1 Å². The van der Waals surface area contributed by atoms with Gasteiger partial charge in [-0.05, 0) is 68.4 Å². The third-order valence-electron chi connectivity index (χ3n) is 9.98. The molecule has 7 atom stereocenters. The van der Waals surface area contributed by atoms with E-state index in [1.54, 1.807) is 4.90 Å². The summed E-state index contributed by atoms with van der Waals surface area (Å²) in [5.41, 5.74) is 0.769. The molecular formula is C33H48N4O4. The van der Waals surface area contributed by atoms with Crippen LogP contribution in [0.1, 0.15) is 78.2 Å². The van der Waals surface area contributed by atoms with Crippen LogP contribution in [0, 0.1) is 17.8 Å². The second kappa shape index (κ2) is 12.3. The molecule has 2 saturated heterocycles. The minimum Gasteiger partial charge on any atom is -0.359 e. The molecule has 3 amide bonds. The molecule has 1 aliphatic carbocycles. The zero-order valence-corrected chi connectivity index (χ0v) is 25.4. The standard InChI is InChI=1S/C33H48N4O4/c1-6-36(7-2)19-10-20-37-29(31(39)35-25-12-9-8-11-22(25)5)33-18-17-26(41-33)27(28(33)32(37)40)30(38)34-24-15-13-23(14-16-24)21(3)4/h13-18,21-22,25-29H,6-12,19-20H2,1-5H3,(H,34,38)(H,35,39)/t22-,25-,26-,27+,28-,29-,33-/m0/s1. The Labute approximate surface area is 245 Å². The average molecular weight is 565 g/mol. The van der Waals surface area contributed by atoms with Crippen LogP contribution in [0.4, 0.5) is 5.69 Å². The van der Waals surface area contributed by atoms with Gasteiger partial charge in [0, 0.05) is 18.3 Å². The first-order chi connectivity index (χ1) is 19.7. The molecule has 4 aliphatic rings. The molecule has 3 aliphatic heterocycles. The van der Waals surface area contributed by atoms with Gasteiger partial charge in [-0.3, -0.25) is 14.4 Å². The van der Waals surface area contributed by atoms with E-state index < -0.39 is 29.6 Å².